The molecule has 2 nitrogen and oxygen atoms in total. The zero-order chi connectivity index (χ0) is 8.15. The molecule has 0 aliphatic heterocycles. The molecular weight excluding hydrogens is 126 g/mol. The normalized spacial score (nSPS) is 14.7. The molecule has 0 spiro atoms. The van der Waals surface area contributed by atoms with Crippen LogP contribution < -0.4 is 0 Å². The summed E-state index contributed by atoms with van der Waals surface area (Å²) in [6, 6.07) is 0.810. The summed E-state index contributed by atoms with van der Waals surface area (Å²) in [6.45, 7) is 8.24. The minimum atomic E-state index is -0.0767. The Labute approximate surface area is 63.8 Å². The van der Waals surface area contributed by atoms with Crippen molar-refractivity contribution in [2.75, 3.05) is 6.73 Å². The third-order valence-corrected chi connectivity index (χ3v) is 1.97. The highest BCUT2D eigenvalue weighted by Crippen LogP contribution is 2.06. The van der Waals surface area contributed by atoms with E-state index in [4.69, 9.17) is 0 Å². The topological polar surface area (TPSA) is 23.1 Å². The maximum atomic E-state index is 10.6. The molecule has 0 amide bonds. The summed E-state index contributed by atoms with van der Waals surface area (Å²) in [5.74, 6) is 0. The lowest BCUT2D eigenvalue weighted by atomic mass is 10.2. The minimum absolute atomic E-state index is 0.0767. The molecule has 0 aliphatic carbocycles. The van der Waals surface area contributed by atoms with Crippen molar-refractivity contribution in [2.24, 2.45) is 0 Å². The van der Waals surface area contributed by atoms with Crippen LogP contribution in [0.4, 0.5) is 0 Å². The SMILES string of the molecule is CCC(C)N(C[O])C(C)C. The van der Waals surface area contributed by atoms with Gasteiger partial charge in [-0.05, 0) is 27.2 Å². The van der Waals surface area contributed by atoms with E-state index in [-0.39, 0.29) is 6.73 Å². The highest BCUT2D eigenvalue weighted by Gasteiger charge is 2.13. The van der Waals surface area contributed by atoms with Crippen molar-refractivity contribution in [1.82, 2.24) is 4.90 Å². The van der Waals surface area contributed by atoms with Crippen molar-refractivity contribution in [3.05, 3.63) is 0 Å². The van der Waals surface area contributed by atoms with Crippen molar-refractivity contribution in [3.8, 4) is 0 Å². The lowest BCUT2D eigenvalue weighted by Gasteiger charge is -2.28. The van der Waals surface area contributed by atoms with Gasteiger partial charge in [-0.1, -0.05) is 6.92 Å². The fourth-order valence-electron chi connectivity index (χ4n) is 1.02. The lowest BCUT2D eigenvalue weighted by Crippen LogP contribution is -2.38. The minimum Gasteiger partial charge on any atom is -0.273 e. The summed E-state index contributed by atoms with van der Waals surface area (Å²) in [6.07, 6.45) is 1.06. The monoisotopic (exact) mass is 144 g/mol. The van der Waals surface area contributed by atoms with E-state index in [9.17, 15) is 5.11 Å². The number of nitrogens with zero attached hydrogens (tertiary/aromatic N) is 1. The Balaban J connectivity index is 3.80. The fraction of sp³-hybridized carbons (Fsp3) is 1.00. The van der Waals surface area contributed by atoms with E-state index in [0.717, 1.165) is 6.42 Å². The van der Waals surface area contributed by atoms with Gasteiger partial charge < -0.3 is 0 Å². The summed E-state index contributed by atoms with van der Waals surface area (Å²) in [7, 11) is 0. The molecule has 0 fully saturated rings. The van der Waals surface area contributed by atoms with Gasteiger partial charge in [-0.3, -0.25) is 4.90 Å². The first kappa shape index (κ1) is 9.92. The highest BCUT2D eigenvalue weighted by molar-refractivity contribution is 4.65. The van der Waals surface area contributed by atoms with E-state index < -0.39 is 0 Å². The smallest absolute Gasteiger partial charge is 0.136 e. The molecule has 1 atom stereocenters. The van der Waals surface area contributed by atoms with Gasteiger partial charge in [-0.2, -0.15) is 0 Å². The summed E-state index contributed by atoms with van der Waals surface area (Å²) in [5, 5.41) is 10.6. The average molecular weight is 144 g/mol. The Hall–Kier alpha value is -0.0800. The molecule has 0 aromatic rings. The van der Waals surface area contributed by atoms with Crippen LogP contribution in [0, 0.1) is 0 Å². The van der Waals surface area contributed by atoms with Crippen LogP contribution in [-0.4, -0.2) is 23.7 Å². The van der Waals surface area contributed by atoms with Crippen molar-refractivity contribution < 1.29 is 5.11 Å². The van der Waals surface area contributed by atoms with E-state index in [1.54, 1.807) is 0 Å². The second kappa shape index (κ2) is 4.69. The second-order valence-electron chi connectivity index (χ2n) is 2.99. The molecule has 0 rings (SSSR count). The third-order valence-electron chi connectivity index (χ3n) is 1.97. The van der Waals surface area contributed by atoms with Gasteiger partial charge in [0.1, 0.15) is 6.73 Å². The molecule has 0 saturated carbocycles. The molecule has 0 saturated heterocycles. The van der Waals surface area contributed by atoms with E-state index in [0.29, 0.717) is 12.1 Å². The molecular formula is C8H18NO. The van der Waals surface area contributed by atoms with Crippen molar-refractivity contribution in [3.63, 3.8) is 0 Å². The Bertz CT molecular complexity index is 83.3. The van der Waals surface area contributed by atoms with Gasteiger partial charge in [-0.15, -0.1) is 0 Å². The quantitative estimate of drug-likeness (QED) is 0.552. The highest BCUT2D eigenvalue weighted by atomic mass is 16.3. The van der Waals surface area contributed by atoms with Crippen LogP contribution in [0.25, 0.3) is 0 Å². The molecule has 0 aliphatic rings. The summed E-state index contributed by atoms with van der Waals surface area (Å²) in [4.78, 5) is 1.96. The predicted octanol–water partition coefficient (Wildman–Crippen LogP) is 1.88. The number of hydrogen-bond donors (Lipinski definition) is 0. The number of hydrogen-bond acceptors (Lipinski definition) is 1. The van der Waals surface area contributed by atoms with Crippen LogP contribution in [0.5, 0.6) is 0 Å². The zero-order valence-electron chi connectivity index (χ0n) is 7.42. The summed E-state index contributed by atoms with van der Waals surface area (Å²) >= 11 is 0. The van der Waals surface area contributed by atoms with E-state index in [1.165, 1.54) is 0 Å². The van der Waals surface area contributed by atoms with Crippen LogP contribution >= 0.6 is 0 Å². The maximum Gasteiger partial charge on any atom is 0.136 e. The Kier molecular flexibility index (Phi) is 4.65. The van der Waals surface area contributed by atoms with Gasteiger partial charge in [0.05, 0.1) is 0 Å². The van der Waals surface area contributed by atoms with Gasteiger partial charge in [0.2, 0.25) is 0 Å². The molecule has 0 heterocycles. The standard InChI is InChI=1S/C8H18NO/c1-5-8(4)9(6-10)7(2)3/h7-8H,5-6H2,1-4H3. The van der Waals surface area contributed by atoms with Crippen molar-refractivity contribution in [2.45, 2.75) is 46.2 Å². The Morgan fingerprint density at radius 1 is 1.30 bits per heavy atom. The van der Waals surface area contributed by atoms with Gasteiger partial charge >= 0.3 is 0 Å². The fourth-order valence-corrected chi connectivity index (χ4v) is 1.02. The van der Waals surface area contributed by atoms with Crippen molar-refractivity contribution in [1.29, 1.82) is 0 Å². The third kappa shape index (κ3) is 2.67. The largest absolute Gasteiger partial charge is 0.273 e. The van der Waals surface area contributed by atoms with Gasteiger partial charge in [-0.25, -0.2) is 5.11 Å². The predicted molar refractivity (Wildman–Crippen MR) is 42.3 cm³/mol. The van der Waals surface area contributed by atoms with E-state index >= 15 is 0 Å². The Morgan fingerprint density at radius 3 is 1.90 bits per heavy atom. The molecule has 0 bridgehead atoms. The van der Waals surface area contributed by atoms with Crippen LogP contribution in [0.2, 0.25) is 0 Å². The van der Waals surface area contributed by atoms with Gasteiger partial charge in [0.25, 0.3) is 0 Å². The molecule has 1 unspecified atom stereocenters. The van der Waals surface area contributed by atoms with Crippen LogP contribution in [0.1, 0.15) is 34.1 Å². The van der Waals surface area contributed by atoms with Crippen LogP contribution in [0.15, 0.2) is 0 Å². The lowest BCUT2D eigenvalue weighted by molar-refractivity contribution is 0.00415. The first-order chi connectivity index (χ1) is 4.63. The molecule has 0 aromatic carbocycles. The first-order valence-electron chi connectivity index (χ1n) is 3.97. The van der Waals surface area contributed by atoms with Crippen LogP contribution in [-0.2, 0) is 5.11 Å². The summed E-state index contributed by atoms with van der Waals surface area (Å²) < 4.78 is 0. The average Bonchev–Trinajstić information content (AvgIpc) is 1.88. The first-order valence-corrected chi connectivity index (χ1v) is 3.97. The number of rotatable bonds is 4. The molecule has 1 radical (unpaired) electrons. The van der Waals surface area contributed by atoms with E-state index in [1.807, 2.05) is 4.90 Å². The van der Waals surface area contributed by atoms with E-state index in [2.05, 4.69) is 27.7 Å². The second-order valence-corrected chi connectivity index (χ2v) is 2.99. The Morgan fingerprint density at radius 2 is 1.80 bits per heavy atom. The van der Waals surface area contributed by atoms with Crippen LogP contribution in [0.3, 0.4) is 0 Å². The molecule has 10 heavy (non-hydrogen) atoms. The van der Waals surface area contributed by atoms with Crippen molar-refractivity contribution >= 4 is 0 Å². The van der Waals surface area contributed by atoms with Gasteiger partial charge in [0.15, 0.2) is 0 Å². The summed E-state index contributed by atoms with van der Waals surface area (Å²) in [5.41, 5.74) is 0. The molecule has 61 valence electrons. The molecule has 0 N–H and O–H groups in total. The maximum absolute atomic E-state index is 10.6. The molecule has 2 heteroatoms. The van der Waals surface area contributed by atoms with Gasteiger partial charge in [0, 0.05) is 12.1 Å². The molecule has 0 aromatic heterocycles. The zero-order valence-corrected chi connectivity index (χ0v) is 7.42.